The van der Waals surface area contributed by atoms with Crippen LogP contribution >= 0.6 is 0 Å². The second-order valence-electron chi connectivity index (χ2n) is 4.86. The van der Waals surface area contributed by atoms with Gasteiger partial charge < -0.3 is 4.74 Å². The zero-order chi connectivity index (χ0) is 16.0. The number of rotatable bonds is 5. The van der Waals surface area contributed by atoms with Crippen LogP contribution in [0.5, 0.6) is 0 Å². The maximum atomic E-state index is 14.1. The molecule has 0 bridgehead atoms. The van der Waals surface area contributed by atoms with Crippen molar-refractivity contribution in [3.8, 4) is 0 Å². The lowest BCUT2D eigenvalue weighted by Crippen LogP contribution is -2.25. The minimum atomic E-state index is -3.81. The molecule has 2 aromatic rings. The zero-order valence-corrected chi connectivity index (χ0v) is 12.1. The Morgan fingerprint density at radius 3 is 2.82 bits per heavy atom. The Kier molecular flexibility index (Phi) is 3.46. The zero-order valence-electron chi connectivity index (χ0n) is 11.3. The van der Waals surface area contributed by atoms with Crippen molar-refractivity contribution in [1.29, 1.82) is 0 Å². The van der Waals surface area contributed by atoms with E-state index in [9.17, 15) is 17.2 Å². The van der Waals surface area contributed by atoms with Gasteiger partial charge in [-0.3, -0.25) is 0 Å². The second-order valence-corrected chi connectivity index (χ2v) is 6.46. The maximum absolute atomic E-state index is 14.1. The lowest BCUT2D eigenvalue weighted by molar-refractivity contribution is 0.181. The van der Waals surface area contributed by atoms with E-state index in [1.807, 2.05) is 0 Å². The maximum Gasteiger partial charge on any atom is 0.267 e. The van der Waals surface area contributed by atoms with E-state index in [0.29, 0.717) is 6.07 Å². The summed E-state index contributed by atoms with van der Waals surface area (Å²) in [5, 5.41) is 3.87. The molecule has 1 saturated heterocycles. The summed E-state index contributed by atoms with van der Waals surface area (Å²) in [6, 6.07) is 2.94. The van der Waals surface area contributed by atoms with Crippen LogP contribution in [-0.2, 0) is 31.2 Å². The van der Waals surface area contributed by atoms with Gasteiger partial charge >= 0.3 is 0 Å². The largest absolute Gasteiger partial charge is 0.329 e. The summed E-state index contributed by atoms with van der Waals surface area (Å²) in [5.74, 6) is -1.61. The first kappa shape index (κ1) is 15.0. The van der Waals surface area contributed by atoms with Crippen LogP contribution in [0.25, 0.3) is 0 Å². The second kappa shape index (κ2) is 5.07. The Labute approximate surface area is 124 Å². The molecule has 1 aromatic carbocycles. The SMILES string of the molecule is CS(=O)(=O)OC1OC1(Cn1cncn1)c1ccc(F)cc1F. The van der Waals surface area contributed by atoms with Crippen molar-refractivity contribution in [3.63, 3.8) is 0 Å². The molecule has 118 valence electrons. The highest BCUT2D eigenvalue weighted by Gasteiger charge is 2.62. The van der Waals surface area contributed by atoms with Crippen LogP contribution < -0.4 is 0 Å². The monoisotopic (exact) mass is 331 g/mol. The standard InChI is InChI=1S/C12H11F2N3O4S/c1-22(18,19)21-11-12(20-11,5-17-7-15-6-16-17)9-3-2-8(13)4-10(9)14/h2-4,6-7,11H,5H2,1H3. The molecule has 1 aliphatic heterocycles. The van der Waals surface area contributed by atoms with Gasteiger partial charge in [0, 0.05) is 11.6 Å². The van der Waals surface area contributed by atoms with Gasteiger partial charge in [-0.05, 0) is 6.07 Å². The molecular weight excluding hydrogens is 320 g/mol. The summed E-state index contributed by atoms with van der Waals surface area (Å²) < 4.78 is 61.1. The number of epoxide rings is 1. The molecule has 0 radical (unpaired) electrons. The van der Waals surface area contributed by atoms with Crippen molar-refractivity contribution in [1.82, 2.24) is 14.8 Å². The first-order valence-electron chi connectivity index (χ1n) is 6.14. The summed E-state index contributed by atoms with van der Waals surface area (Å²) in [4.78, 5) is 3.75. The van der Waals surface area contributed by atoms with Crippen LogP contribution in [0.15, 0.2) is 30.9 Å². The molecule has 0 amide bonds. The molecular formula is C12H11F2N3O4S. The number of ether oxygens (including phenoxy) is 1. The van der Waals surface area contributed by atoms with Gasteiger partial charge in [-0.15, -0.1) is 0 Å². The molecule has 0 spiro atoms. The number of aromatic nitrogens is 3. The molecule has 7 nitrogen and oxygen atoms in total. The highest BCUT2D eigenvalue weighted by atomic mass is 32.2. The number of benzene rings is 1. The third-order valence-electron chi connectivity index (χ3n) is 3.15. The molecule has 0 saturated carbocycles. The summed E-state index contributed by atoms with van der Waals surface area (Å²) in [7, 11) is -3.81. The lowest BCUT2D eigenvalue weighted by atomic mass is 9.98. The molecule has 2 atom stereocenters. The van der Waals surface area contributed by atoms with E-state index in [1.165, 1.54) is 23.4 Å². The fourth-order valence-corrected chi connectivity index (χ4v) is 2.70. The van der Waals surface area contributed by atoms with Gasteiger partial charge in [0.05, 0.1) is 12.8 Å². The van der Waals surface area contributed by atoms with Crippen LogP contribution in [0, 0.1) is 11.6 Å². The molecule has 22 heavy (non-hydrogen) atoms. The Morgan fingerprint density at radius 1 is 1.45 bits per heavy atom. The van der Waals surface area contributed by atoms with Crippen LogP contribution in [0.3, 0.4) is 0 Å². The third-order valence-corrected chi connectivity index (χ3v) is 3.68. The molecule has 10 heteroatoms. The Morgan fingerprint density at radius 2 is 2.23 bits per heavy atom. The van der Waals surface area contributed by atoms with E-state index in [-0.39, 0.29) is 12.1 Å². The minimum absolute atomic E-state index is 0.0157. The average Bonchev–Trinajstić information content (AvgIpc) is 2.83. The number of hydrogen-bond acceptors (Lipinski definition) is 6. The molecule has 0 N–H and O–H groups in total. The van der Waals surface area contributed by atoms with Crippen molar-refractivity contribution >= 4 is 10.1 Å². The summed E-state index contributed by atoms with van der Waals surface area (Å²) >= 11 is 0. The van der Waals surface area contributed by atoms with E-state index in [2.05, 4.69) is 10.1 Å². The van der Waals surface area contributed by atoms with Crippen molar-refractivity contribution in [2.45, 2.75) is 18.4 Å². The summed E-state index contributed by atoms with van der Waals surface area (Å²) in [5.41, 5.74) is -1.42. The predicted octanol–water partition coefficient (Wildman–Crippen LogP) is 0.784. The van der Waals surface area contributed by atoms with E-state index < -0.39 is 33.6 Å². The van der Waals surface area contributed by atoms with E-state index in [0.717, 1.165) is 12.3 Å². The van der Waals surface area contributed by atoms with Gasteiger partial charge in [-0.2, -0.15) is 13.5 Å². The van der Waals surface area contributed by atoms with Crippen molar-refractivity contribution in [2.75, 3.05) is 6.26 Å². The van der Waals surface area contributed by atoms with Gasteiger partial charge in [0.2, 0.25) is 6.29 Å². The molecule has 1 aromatic heterocycles. The highest BCUT2D eigenvalue weighted by molar-refractivity contribution is 7.86. The van der Waals surface area contributed by atoms with Gasteiger partial charge in [0.15, 0.2) is 5.60 Å². The first-order valence-corrected chi connectivity index (χ1v) is 7.96. The minimum Gasteiger partial charge on any atom is -0.329 e. The quantitative estimate of drug-likeness (QED) is 0.594. The van der Waals surface area contributed by atoms with Crippen LogP contribution in [0.2, 0.25) is 0 Å². The fourth-order valence-electron chi connectivity index (χ4n) is 2.19. The normalized spacial score (nSPS) is 24.4. The number of hydrogen-bond donors (Lipinski definition) is 0. The van der Waals surface area contributed by atoms with E-state index >= 15 is 0 Å². The van der Waals surface area contributed by atoms with Gasteiger partial charge in [-0.25, -0.2) is 22.6 Å². The van der Waals surface area contributed by atoms with Gasteiger partial charge in [0.25, 0.3) is 10.1 Å². The highest BCUT2D eigenvalue weighted by Crippen LogP contribution is 2.49. The van der Waals surface area contributed by atoms with Crippen LogP contribution in [0.1, 0.15) is 5.56 Å². The number of nitrogens with zero attached hydrogens (tertiary/aromatic N) is 3. The van der Waals surface area contributed by atoms with E-state index in [4.69, 9.17) is 8.92 Å². The Hall–Kier alpha value is -1.91. The third kappa shape index (κ3) is 2.85. The molecule has 1 fully saturated rings. The number of halogens is 2. The topological polar surface area (TPSA) is 86.6 Å². The molecule has 3 rings (SSSR count). The predicted molar refractivity (Wildman–Crippen MR) is 68.9 cm³/mol. The molecule has 1 aliphatic rings. The van der Waals surface area contributed by atoms with Crippen LogP contribution in [-0.4, -0.2) is 35.7 Å². The average molecular weight is 331 g/mol. The van der Waals surface area contributed by atoms with Gasteiger partial charge in [0.1, 0.15) is 24.3 Å². The summed E-state index contributed by atoms with van der Waals surface area (Å²) in [6.45, 7) is -0.0320. The van der Waals surface area contributed by atoms with Crippen molar-refractivity contribution < 1.29 is 26.1 Å². The molecule has 2 unspecified atom stereocenters. The first-order chi connectivity index (χ1) is 10.3. The molecule has 2 heterocycles. The fraction of sp³-hybridized carbons (Fsp3) is 0.333. The molecule has 0 aliphatic carbocycles. The van der Waals surface area contributed by atoms with Crippen molar-refractivity contribution in [2.24, 2.45) is 0 Å². The van der Waals surface area contributed by atoms with Crippen molar-refractivity contribution in [3.05, 3.63) is 48.1 Å². The lowest BCUT2D eigenvalue weighted by Gasteiger charge is -2.14. The van der Waals surface area contributed by atoms with Crippen LogP contribution in [0.4, 0.5) is 8.78 Å². The van der Waals surface area contributed by atoms with E-state index in [1.54, 1.807) is 0 Å². The summed E-state index contributed by atoms with van der Waals surface area (Å²) in [6.07, 6.45) is 2.27. The Bertz CT molecular complexity index is 797. The Balaban J connectivity index is 1.97. The van der Waals surface area contributed by atoms with Gasteiger partial charge in [-0.1, -0.05) is 6.07 Å². The smallest absolute Gasteiger partial charge is 0.267 e.